The minimum absolute atomic E-state index is 0.149. The minimum atomic E-state index is -0.149. The maximum Gasteiger partial charge on any atom is 0.257 e. The lowest BCUT2D eigenvalue weighted by Crippen LogP contribution is -2.15. The Morgan fingerprint density at radius 1 is 1.29 bits per heavy atom. The molecule has 5 heteroatoms. The van der Waals surface area contributed by atoms with Gasteiger partial charge in [0.05, 0.1) is 17.4 Å². The summed E-state index contributed by atoms with van der Waals surface area (Å²) < 4.78 is 0. The van der Waals surface area contributed by atoms with Gasteiger partial charge in [0.2, 0.25) is 0 Å². The summed E-state index contributed by atoms with van der Waals surface area (Å²) in [5.41, 5.74) is 3.13. The van der Waals surface area contributed by atoms with Crippen molar-refractivity contribution in [3.63, 3.8) is 0 Å². The maximum atomic E-state index is 12.4. The molecule has 1 aromatic heterocycles. The molecule has 0 saturated carbocycles. The molecule has 0 atom stereocenters. The predicted octanol–water partition coefficient (Wildman–Crippen LogP) is 2.83. The molecule has 0 bridgehead atoms. The summed E-state index contributed by atoms with van der Waals surface area (Å²) in [4.78, 5) is 18.4. The SMILES string of the molecule is CCNc1cnccc1C(=O)Nc1cccc(N(C)C)c1. The van der Waals surface area contributed by atoms with E-state index < -0.39 is 0 Å². The van der Waals surface area contributed by atoms with Gasteiger partial charge in [-0.3, -0.25) is 9.78 Å². The van der Waals surface area contributed by atoms with Gasteiger partial charge in [-0.25, -0.2) is 0 Å². The molecule has 0 saturated heterocycles. The molecule has 2 aromatic rings. The Bertz CT molecular complexity index is 625. The third kappa shape index (κ3) is 3.72. The smallest absolute Gasteiger partial charge is 0.257 e. The Balaban J connectivity index is 2.20. The second-order valence-electron chi connectivity index (χ2n) is 4.85. The number of nitrogens with one attached hydrogen (secondary N) is 2. The molecule has 0 aliphatic heterocycles. The van der Waals surface area contributed by atoms with E-state index in [2.05, 4.69) is 15.6 Å². The maximum absolute atomic E-state index is 12.4. The van der Waals surface area contributed by atoms with Crippen LogP contribution in [0.15, 0.2) is 42.7 Å². The fraction of sp³-hybridized carbons (Fsp3) is 0.250. The molecule has 0 aliphatic carbocycles. The Hall–Kier alpha value is -2.56. The van der Waals surface area contributed by atoms with Crippen LogP contribution in [-0.4, -0.2) is 31.5 Å². The molecule has 0 radical (unpaired) electrons. The third-order valence-electron chi connectivity index (χ3n) is 3.05. The molecule has 1 amide bonds. The van der Waals surface area contributed by atoms with Gasteiger partial charge in [0.25, 0.3) is 5.91 Å². The number of hydrogen-bond donors (Lipinski definition) is 2. The van der Waals surface area contributed by atoms with Crippen molar-refractivity contribution in [1.29, 1.82) is 0 Å². The first-order chi connectivity index (χ1) is 10.1. The van der Waals surface area contributed by atoms with Crippen LogP contribution in [0.5, 0.6) is 0 Å². The van der Waals surface area contributed by atoms with E-state index in [4.69, 9.17) is 0 Å². The van der Waals surface area contributed by atoms with Crippen LogP contribution in [0.4, 0.5) is 17.1 Å². The zero-order chi connectivity index (χ0) is 15.2. The van der Waals surface area contributed by atoms with E-state index in [1.54, 1.807) is 18.5 Å². The molecule has 21 heavy (non-hydrogen) atoms. The molecule has 2 N–H and O–H groups in total. The average molecular weight is 284 g/mol. The van der Waals surface area contributed by atoms with Crippen LogP contribution in [-0.2, 0) is 0 Å². The first-order valence-electron chi connectivity index (χ1n) is 6.88. The number of nitrogens with zero attached hydrogens (tertiary/aromatic N) is 2. The van der Waals surface area contributed by atoms with Crippen LogP contribution in [0.3, 0.4) is 0 Å². The first-order valence-corrected chi connectivity index (χ1v) is 6.88. The topological polar surface area (TPSA) is 57.3 Å². The molecule has 1 heterocycles. The Morgan fingerprint density at radius 3 is 2.81 bits per heavy atom. The van der Waals surface area contributed by atoms with Gasteiger partial charge in [0, 0.05) is 38.2 Å². The highest BCUT2D eigenvalue weighted by Gasteiger charge is 2.11. The number of amides is 1. The Labute approximate surface area is 125 Å². The number of rotatable bonds is 5. The summed E-state index contributed by atoms with van der Waals surface area (Å²) in [5, 5.41) is 6.06. The highest BCUT2D eigenvalue weighted by atomic mass is 16.1. The van der Waals surface area contributed by atoms with Crippen molar-refractivity contribution in [3.8, 4) is 0 Å². The highest BCUT2D eigenvalue weighted by Crippen LogP contribution is 2.20. The van der Waals surface area contributed by atoms with E-state index in [9.17, 15) is 4.79 Å². The van der Waals surface area contributed by atoms with Gasteiger partial charge in [-0.15, -0.1) is 0 Å². The minimum Gasteiger partial charge on any atom is -0.383 e. The number of benzene rings is 1. The highest BCUT2D eigenvalue weighted by molar-refractivity contribution is 6.08. The Morgan fingerprint density at radius 2 is 2.10 bits per heavy atom. The van der Waals surface area contributed by atoms with E-state index in [1.165, 1.54) is 0 Å². The van der Waals surface area contributed by atoms with Crippen LogP contribution < -0.4 is 15.5 Å². The van der Waals surface area contributed by atoms with E-state index in [0.717, 1.165) is 23.6 Å². The molecular weight excluding hydrogens is 264 g/mol. The van der Waals surface area contributed by atoms with E-state index in [-0.39, 0.29) is 5.91 Å². The Kier molecular flexibility index (Phi) is 4.77. The van der Waals surface area contributed by atoms with Crippen molar-refractivity contribution >= 4 is 23.0 Å². The second-order valence-corrected chi connectivity index (χ2v) is 4.85. The molecular formula is C16H20N4O. The predicted molar refractivity (Wildman–Crippen MR) is 87.1 cm³/mol. The lowest BCUT2D eigenvalue weighted by molar-refractivity contribution is 0.102. The van der Waals surface area contributed by atoms with Crippen molar-refractivity contribution in [3.05, 3.63) is 48.3 Å². The standard InChI is InChI=1S/C16H20N4O/c1-4-18-15-11-17-9-8-14(15)16(21)19-12-6-5-7-13(10-12)20(2)3/h5-11,18H,4H2,1-3H3,(H,19,21). The summed E-state index contributed by atoms with van der Waals surface area (Å²) in [7, 11) is 3.93. The summed E-state index contributed by atoms with van der Waals surface area (Å²) >= 11 is 0. The number of aromatic nitrogens is 1. The van der Waals surface area contributed by atoms with Gasteiger partial charge in [-0.1, -0.05) is 6.07 Å². The zero-order valence-electron chi connectivity index (χ0n) is 12.6. The van der Waals surface area contributed by atoms with Gasteiger partial charge in [-0.05, 0) is 31.2 Å². The number of hydrogen-bond acceptors (Lipinski definition) is 4. The van der Waals surface area contributed by atoms with E-state index in [1.807, 2.05) is 50.2 Å². The molecule has 0 spiro atoms. The van der Waals surface area contributed by atoms with Gasteiger partial charge in [0.1, 0.15) is 0 Å². The van der Waals surface area contributed by atoms with Crippen molar-refractivity contribution in [2.24, 2.45) is 0 Å². The van der Waals surface area contributed by atoms with Crippen LogP contribution in [0.1, 0.15) is 17.3 Å². The van der Waals surface area contributed by atoms with Crippen molar-refractivity contribution in [2.75, 3.05) is 36.2 Å². The summed E-state index contributed by atoms with van der Waals surface area (Å²) in [6.07, 6.45) is 3.28. The lowest BCUT2D eigenvalue weighted by atomic mass is 10.2. The summed E-state index contributed by atoms with van der Waals surface area (Å²) in [6.45, 7) is 2.72. The molecule has 0 fully saturated rings. The normalized spacial score (nSPS) is 10.0. The molecule has 5 nitrogen and oxygen atoms in total. The van der Waals surface area contributed by atoms with Gasteiger partial charge >= 0.3 is 0 Å². The largest absolute Gasteiger partial charge is 0.383 e. The van der Waals surface area contributed by atoms with Crippen molar-refractivity contribution < 1.29 is 4.79 Å². The molecule has 0 aliphatic rings. The average Bonchev–Trinajstić information content (AvgIpc) is 2.48. The number of anilines is 3. The third-order valence-corrected chi connectivity index (χ3v) is 3.05. The van der Waals surface area contributed by atoms with Gasteiger partial charge in [-0.2, -0.15) is 0 Å². The lowest BCUT2D eigenvalue weighted by Gasteiger charge is -2.14. The van der Waals surface area contributed by atoms with Gasteiger partial charge < -0.3 is 15.5 Å². The second kappa shape index (κ2) is 6.74. The van der Waals surface area contributed by atoms with E-state index >= 15 is 0 Å². The molecule has 110 valence electrons. The first kappa shape index (κ1) is 14.8. The molecule has 2 rings (SSSR count). The van der Waals surface area contributed by atoms with Crippen LogP contribution in [0, 0.1) is 0 Å². The fourth-order valence-corrected chi connectivity index (χ4v) is 1.98. The van der Waals surface area contributed by atoms with E-state index in [0.29, 0.717) is 5.56 Å². The number of carbonyl (C=O) groups is 1. The van der Waals surface area contributed by atoms with Crippen LogP contribution in [0.25, 0.3) is 0 Å². The van der Waals surface area contributed by atoms with Crippen LogP contribution in [0.2, 0.25) is 0 Å². The number of pyridine rings is 1. The molecule has 1 aromatic carbocycles. The monoisotopic (exact) mass is 284 g/mol. The number of carbonyl (C=O) groups excluding carboxylic acids is 1. The zero-order valence-corrected chi connectivity index (χ0v) is 12.6. The fourth-order valence-electron chi connectivity index (χ4n) is 1.98. The summed E-state index contributed by atoms with van der Waals surface area (Å²) in [6, 6.07) is 9.43. The quantitative estimate of drug-likeness (QED) is 0.886. The van der Waals surface area contributed by atoms with Crippen molar-refractivity contribution in [1.82, 2.24) is 4.98 Å². The summed E-state index contributed by atoms with van der Waals surface area (Å²) in [5.74, 6) is -0.149. The van der Waals surface area contributed by atoms with Gasteiger partial charge in [0.15, 0.2) is 0 Å². The van der Waals surface area contributed by atoms with Crippen LogP contribution >= 0.6 is 0 Å². The molecule has 0 unspecified atom stereocenters. The van der Waals surface area contributed by atoms with Crippen molar-refractivity contribution in [2.45, 2.75) is 6.92 Å².